The zero-order valence-electron chi connectivity index (χ0n) is 11.0. The normalized spacial score (nSPS) is 18.1. The van der Waals surface area contributed by atoms with Gasteiger partial charge in [-0.3, -0.25) is 4.90 Å². The lowest BCUT2D eigenvalue weighted by Crippen LogP contribution is -2.45. The largest absolute Gasteiger partial charge is 0.467 e. The molecule has 1 fully saturated rings. The van der Waals surface area contributed by atoms with Gasteiger partial charge in [0.1, 0.15) is 5.76 Å². The summed E-state index contributed by atoms with van der Waals surface area (Å²) in [4.78, 5) is 2.10. The number of benzene rings is 1. The Bertz CT molecular complexity index is 565. The molecule has 0 saturated carbocycles. The predicted octanol–water partition coefficient (Wildman–Crippen LogP) is 2.55. The molecule has 1 aliphatic heterocycles. The molecule has 0 amide bonds. The van der Waals surface area contributed by atoms with E-state index in [4.69, 9.17) is 4.42 Å². The zero-order valence-corrected chi connectivity index (χ0v) is 11.0. The molecule has 0 unspecified atom stereocenters. The highest BCUT2D eigenvalue weighted by Crippen LogP contribution is 2.31. The van der Waals surface area contributed by atoms with Crippen molar-refractivity contribution >= 4 is 0 Å². The monoisotopic (exact) mass is 278 g/mol. The van der Waals surface area contributed by atoms with Crippen molar-refractivity contribution in [3.63, 3.8) is 0 Å². The summed E-state index contributed by atoms with van der Waals surface area (Å²) in [7, 11) is 0. The average Bonchev–Trinajstić information content (AvgIpc) is 2.99. The molecule has 2 aromatic rings. The first-order chi connectivity index (χ1) is 9.77. The van der Waals surface area contributed by atoms with E-state index in [0.717, 1.165) is 32.2 Å². The number of nitrogens with zero attached hydrogens (tertiary/aromatic N) is 1. The van der Waals surface area contributed by atoms with Gasteiger partial charge in [-0.05, 0) is 18.2 Å². The van der Waals surface area contributed by atoms with E-state index >= 15 is 0 Å². The van der Waals surface area contributed by atoms with E-state index in [2.05, 4.69) is 10.2 Å². The van der Waals surface area contributed by atoms with E-state index in [1.165, 1.54) is 6.07 Å². The van der Waals surface area contributed by atoms with E-state index in [-0.39, 0.29) is 6.04 Å². The van der Waals surface area contributed by atoms with Crippen LogP contribution in [0.4, 0.5) is 8.78 Å². The van der Waals surface area contributed by atoms with Crippen LogP contribution in [0.25, 0.3) is 0 Å². The fraction of sp³-hybridized carbons (Fsp3) is 0.333. The maximum absolute atomic E-state index is 14.1. The lowest BCUT2D eigenvalue weighted by atomic mass is 10.0. The van der Waals surface area contributed by atoms with Gasteiger partial charge in [0.05, 0.1) is 12.3 Å². The number of rotatable bonds is 3. The Morgan fingerprint density at radius 3 is 2.60 bits per heavy atom. The minimum absolute atomic E-state index is 0.321. The number of hydrogen-bond acceptors (Lipinski definition) is 3. The van der Waals surface area contributed by atoms with Gasteiger partial charge in [-0.25, -0.2) is 8.78 Å². The van der Waals surface area contributed by atoms with E-state index in [1.807, 2.05) is 0 Å². The molecule has 3 rings (SSSR count). The number of nitrogens with one attached hydrogen (secondary N) is 1. The molecule has 1 aliphatic rings. The Labute approximate surface area is 116 Å². The molecule has 1 saturated heterocycles. The molecule has 3 nitrogen and oxygen atoms in total. The van der Waals surface area contributed by atoms with Crippen molar-refractivity contribution in [3.05, 3.63) is 59.6 Å². The molecule has 1 N–H and O–H groups in total. The molecular weight excluding hydrogens is 262 g/mol. The second-order valence-corrected chi connectivity index (χ2v) is 4.85. The molecule has 2 heterocycles. The Hall–Kier alpha value is -1.72. The molecule has 0 spiro atoms. The van der Waals surface area contributed by atoms with Crippen LogP contribution in [0.5, 0.6) is 0 Å². The lowest BCUT2D eigenvalue weighted by molar-refractivity contribution is 0.176. The van der Waals surface area contributed by atoms with Crippen molar-refractivity contribution in [3.8, 4) is 0 Å². The number of halogens is 2. The summed E-state index contributed by atoms with van der Waals surface area (Å²) in [5.41, 5.74) is 0.321. The van der Waals surface area contributed by atoms with E-state index in [0.29, 0.717) is 11.3 Å². The number of hydrogen-bond donors (Lipinski definition) is 1. The summed E-state index contributed by atoms with van der Waals surface area (Å²) < 4.78 is 33.1. The third kappa shape index (κ3) is 2.46. The SMILES string of the molecule is Fc1cccc([C@H](c2ccco2)N2CCNCC2)c1F. The Kier molecular flexibility index (Phi) is 3.80. The Morgan fingerprint density at radius 1 is 1.10 bits per heavy atom. The van der Waals surface area contributed by atoms with Crippen molar-refractivity contribution in [1.29, 1.82) is 0 Å². The van der Waals surface area contributed by atoms with Gasteiger partial charge in [-0.2, -0.15) is 0 Å². The van der Waals surface area contributed by atoms with Gasteiger partial charge in [0, 0.05) is 31.7 Å². The topological polar surface area (TPSA) is 28.4 Å². The fourth-order valence-electron chi connectivity index (χ4n) is 2.65. The lowest BCUT2D eigenvalue weighted by Gasteiger charge is -2.34. The van der Waals surface area contributed by atoms with Crippen LogP contribution in [0.3, 0.4) is 0 Å². The molecule has 1 aromatic heterocycles. The molecule has 20 heavy (non-hydrogen) atoms. The van der Waals surface area contributed by atoms with Crippen LogP contribution in [0.15, 0.2) is 41.0 Å². The average molecular weight is 278 g/mol. The first kappa shape index (κ1) is 13.3. The van der Waals surface area contributed by atoms with E-state index in [9.17, 15) is 8.78 Å². The summed E-state index contributed by atoms with van der Waals surface area (Å²) in [5, 5.41) is 3.25. The summed E-state index contributed by atoms with van der Waals surface area (Å²) >= 11 is 0. The van der Waals surface area contributed by atoms with Crippen molar-refractivity contribution in [2.45, 2.75) is 6.04 Å². The zero-order chi connectivity index (χ0) is 13.9. The maximum Gasteiger partial charge on any atom is 0.164 e. The fourth-order valence-corrected chi connectivity index (χ4v) is 2.65. The van der Waals surface area contributed by atoms with Crippen molar-refractivity contribution in [2.75, 3.05) is 26.2 Å². The van der Waals surface area contributed by atoms with Gasteiger partial charge < -0.3 is 9.73 Å². The van der Waals surface area contributed by atoms with E-state index < -0.39 is 11.6 Å². The first-order valence-corrected chi connectivity index (χ1v) is 6.69. The molecule has 1 atom stereocenters. The van der Waals surface area contributed by atoms with Gasteiger partial charge in [0.2, 0.25) is 0 Å². The summed E-state index contributed by atoms with van der Waals surface area (Å²) in [6, 6.07) is 7.47. The van der Waals surface area contributed by atoms with Crippen LogP contribution in [-0.2, 0) is 0 Å². The van der Waals surface area contributed by atoms with Crippen LogP contribution in [0.2, 0.25) is 0 Å². The highest BCUT2D eigenvalue weighted by atomic mass is 19.2. The molecule has 1 aromatic carbocycles. The predicted molar refractivity (Wildman–Crippen MR) is 71.4 cm³/mol. The highest BCUT2D eigenvalue weighted by Gasteiger charge is 2.29. The second-order valence-electron chi connectivity index (χ2n) is 4.85. The van der Waals surface area contributed by atoms with Gasteiger partial charge in [-0.1, -0.05) is 12.1 Å². The van der Waals surface area contributed by atoms with Crippen molar-refractivity contribution < 1.29 is 13.2 Å². The standard InChI is InChI=1S/C15H16F2N2O/c16-12-4-1-3-11(14(12)17)15(13-5-2-10-20-13)19-8-6-18-7-9-19/h1-5,10,15,18H,6-9H2/t15-/m1/s1. The molecule has 5 heteroatoms. The van der Waals surface area contributed by atoms with E-state index in [1.54, 1.807) is 24.5 Å². The minimum Gasteiger partial charge on any atom is -0.467 e. The Balaban J connectivity index is 2.03. The molecular formula is C15H16F2N2O. The van der Waals surface area contributed by atoms with Crippen LogP contribution < -0.4 is 5.32 Å². The maximum atomic E-state index is 14.1. The second kappa shape index (κ2) is 5.73. The third-order valence-electron chi connectivity index (χ3n) is 3.61. The van der Waals surface area contributed by atoms with Gasteiger partial charge in [0.25, 0.3) is 0 Å². The van der Waals surface area contributed by atoms with Crippen molar-refractivity contribution in [2.24, 2.45) is 0 Å². The summed E-state index contributed by atoms with van der Waals surface area (Å²) in [6.07, 6.45) is 1.56. The van der Waals surface area contributed by atoms with Crippen LogP contribution in [0, 0.1) is 11.6 Å². The third-order valence-corrected chi connectivity index (χ3v) is 3.61. The molecule has 0 aliphatic carbocycles. The van der Waals surface area contributed by atoms with Gasteiger partial charge in [0.15, 0.2) is 11.6 Å². The number of piperazine rings is 1. The molecule has 0 radical (unpaired) electrons. The Morgan fingerprint density at radius 2 is 1.90 bits per heavy atom. The quantitative estimate of drug-likeness (QED) is 0.935. The smallest absolute Gasteiger partial charge is 0.164 e. The molecule has 0 bridgehead atoms. The molecule has 106 valence electrons. The van der Waals surface area contributed by atoms with Gasteiger partial charge in [-0.15, -0.1) is 0 Å². The van der Waals surface area contributed by atoms with Crippen LogP contribution in [-0.4, -0.2) is 31.1 Å². The van der Waals surface area contributed by atoms with Gasteiger partial charge >= 0.3 is 0 Å². The van der Waals surface area contributed by atoms with Crippen LogP contribution in [0.1, 0.15) is 17.4 Å². The van der Waals surface area contributed by atoms with Crippen molar-refractivity contribution in [1.82, 2.24) is 10.2 Å². The highest BCUT2D eigenvalue weighted by molar-refractivity contribution is 5.29. The summed E-state index contributed by atoms with van der Waals surface area (Å²) in [6.45, 7) is 3.19. The summed E-state index contributed by atoms with van der Waals surface area (Å²) in [5.74, 6) is -0.988. The minimum atomic E-state index is -0.825. The first-order valence-electron chi connectivity index (χ1n) is 6.69. The number of furan rings is 1. The van der Waals surface area contributed by atoms with Crippen LogP contribution >= 0.6 is 0 Å².